The number of amides is 1. The monoisotopic (exact) mass is 387 g/mol. The molecular formula is C22H26FNO4. The average Bonchev–Trinajstić information content (AvgIpc) is 2.72. The van der Waals surface area contributed by atoms with Crippen LogP contribution in [0.4, 0.5) is 4.39 Å². The summed E-state index contributed by atoms with van der Waals surface area (Å²) < 4.78 is 23.6. The molecule has 0 aliphatic heterocycles. The van der Waals surface area contributed by atoms with Gasteiger partial charge in [0.1, 0.15) is 11.6 Å². The number of ether oxygens (including phenoxy) is 2. The van der Waals surface area contributed by atoms with Crippen LogP contribution in [0.2, 0.25) is 0 Å². The summed E-state index contributed by atoms with van der Waals surface area (Å²) >= 11 is 0. The number of benzene rings is 2. The molecule has 0 aliphatic rings. The summed E-state index contributed by atoms with van der Waals surface area (Å²) in [7, 11) is 1.31. The van der Waals surface area contributed by atoms with E-state index in [-0.39, 0.29) is 31.4 Å². The van der Waals surface area contributed by atoms with E-state index >= 15 is 0 Å². The number of aryl methyl sites for hydroxylation is 1. The lowest BCUT2D eigenvalue weighted by molar-refractivity contribution is -0.147. The number of hydrogen-bond donors (Lipinski definition) is 0. The van der Waals surface area contributed by atoms with Gasteiger partial charge in [-0.1, -0.05) is 38.1 Å². The van der Waals surface area contributed by atoms with Crippen LogP contribution in [0.15, 0.2) is 48.5 Å². The fraction of sp³-hybridized carbons (Fsp3) is 0.364. The topological polar surface area (TPSA) is 55.8 Å². The summed E-state index contributed by atoms with van der Waals surface area (Å²) in [6.07, 6.45) is 0.873. The molecule has 0 heterocycles. The molecule has 0 spiro atoms. The van der Waals surface area contributed by atoms with E-state index < -0.39 is 11.9 Å². The lowest BCUT2D eigenvalue weighted by Crippen LogP contribution is -2.39. The maximum absolute atomic E-state index is 13.2. The zero-order valence-electron chi connectivity index (χ0n) is 16.5. The molecule has 0 aliphatic carbocycles. The zero-order chi connectivity index (χ0) is 20.5. The highest BCUT2D eigenvalue weighted by molar-refractivity contribution is 5.79. The Morgan fingerprint density at radius 2 is 1.82 bits per heavy atom. The van der Waals surface area contributed by atoms with Crippen LogP contribution in [0.1, 0.15) is 25.0 Å². The molecule has 2 aromatic carbocycles. The van der Waals surface area contributed by atoms with Crippen molar-refractivity contribution in [3.63, 3.8) is 0 Å². The van der Waals surface area contributed by atoms with E-state index in [4.69, 9.17) is 9.47 Å². The third kappa shape index (κ3) is 6.37. The highest BCUT2D eigenvalue weighted by Gasteiger charge is 2.22. The Morgan fingerprint density at radius 3 is 2.46 bits per heavy atom. The standard InChI is InChI=1S/C22H26FNO4/c1-4-17-6-5-7-20(12-17)28-15-21(25)24(13-16(2)22(26)27-3)14-18-8-10-19(23)11-9-18/h5-12,16H,4,13-15H2,1-3H3. The maximum atomic E-state index is 13.2. The average molecular weight is 387 g/mol. The highest BCUT2D eigenvalue weighted by Crippen LogP contribution is 2.15. The number of hydrogen-bond acceptors (Lipinski definition) is 4. The molecule has 2 aromatic rings. The van der Waals surface area contributed by atoms with Gasteiger partial charge in [-0.15, -0.1) is 0 Å². The van der Waals surface area contributed by atoms with Crippen molar-refractivity contribution in [3.05, 3.63) is 65.5 Å². The molecule has 0 aromatic heterocycles. The van der Waals surface area contributed by atoms with Gasteiger partial charge in [-0.05, 0) is 41.8 Å². The smallest absolute Gasteiger partial charge is 0.310 e. The fourth-order valence-electron chi connectivity index (χ4n) is 2.76. The first-order chi connectivity index (χ1) is 13.4. The number of rotatable bonds is 9. The molecule has 1 atom stereocenters. The predicted molar refractivity (Wildman–Crippen MR) is 104 cm³/mol. The third-order valence-electron chi connectivity index (χ3n) is 4.41. The minimum atomic E-state index is -0.488. The number of nitrogens with zero attached hydrogens (tertiary/aromatic N) is 1. The van der Waals surface area contributed by atoms with Crippen molar-refractivity contribution in [2.24, 2.45) is 5.92 Å². The van der Waals surface area contributed by atoms with Crippen molar-refractivity contribution in [3.8, 4) is 5.75 Å². The lowest BCUT2D eigenvalue weighted by Gasteiger charge is -2.25. The molecule has 1 unspecified atom stereocenters. The molecule has 0 saturated carbocycles. The Morgan fingerprint density at radius 1 is 1.11 bits per heavy atom. The first kappa shape index (κ1) is 21.4. The normalized spacial score (nSPS) is 11.6. The van der Waals surface area contributed by atoms with E-state index in [1.807, 2.05) is 25.1 Å². The second kappa shape index (κ2) is 10.4. The van der Waals surface area contributed by atoms with E-state index in [9.17, 15) is 14.0 Å². The van der Waals surface area contributed by atoms with Gasteiger partial charge >= 0.3 is 5.97 Å². The summed E-state index contributed by atoms with van der Waals surface area (Å²) in [4.78, 5) is 26.1. The van der Waals surface area contributed by atoms with Crippen molar-refractivity contribution in [2.45, 2.75) is 26.8 Å². The Hall–Kier alpha value is -2.89. The summed E-state index contributed by atoms with van der Waals surface area (Å²) in [6, 6.07) is 13.5. The summed E-state index contributed by atoms with van der Waals surface area (Å²) in [5, 5.41) is 0. The number of methoxy groups -OCH3 is 1. The van der Waals surface area contributed by atoms with Gasteiger partial charge in [-0.3, -0.25) is 9.59 Å². The number of esters is 1. The van der Waals surface area contributed by atoms with Crippen LogP contribution in [0, 0.1) is 11.7 Å². The largest absolute Gasteiger partial charge is 0.484 e. The van der Waals surface area contributed by atoms with Crippen molar-refractivity contribution < 1.29 is 23.5 Å². The van der Waals surface area contributed by atoms with Gasteiger partial charge in [0.05, 0.1) is 13.0 Å². The van der Waals surface area contributed by atoms with Crippen LogP contribution in [-0.4, -0.2) is 37.0 Å². The Balaban J connectivity index is 2.08. The number of carbonyl (C=O) groups is 2. The molecule has 1 amide bonds. The van der Waals surface area contributed by atoms with Gasteiger partial charge in [0.15, 0.2) is 6.61 Å². The van der Waals surface area contributed by atoms with Crippen LogP contribution in [0.25, 0.3) is 0 Å². The minimum Gasteiger partial charge on any atom is -0.484 e. The summed E-state index contributed by atoms with van der Waals surface area (Å²) in [6.45, 7) is 4.02. The highest BCUT2D eigenvalue weighted by atomic mass is 19.1. The van der Waals surface area contributed by atoms with Gasteiger partial charge in [0.2, 0.25) is 0 Å². The molecule has 0 bridgehead atoms. The molecule has 0 fully saturated rings. The molecule has 150 valence electrons. The molecular weight excluding hydrogens is 361 g/mol. The van der Waals surface area contributed by atoms with Crippen molar-refractivity contribution in [1.29, 1.82) is 0 Å². The number of halogens is 1. The van der Waals surface area contributed by atoms with E-state index in [1.54, 1.807) is 25.1 Å². The van der Waals surface area contributed by atoms with Crippen molar-refractivity contribution in [1.82, 2.24) is 4.90 Å². The van der Waals surface area contributed by atoms with Crippen LogP contribution in [-0.2, 0) is 27.3 Å². The lowest BCUT2D eigenvalue weighted by atomic mass is 10.1. The molecule has 0 radical (unpaired) electrons. The third-order valence-corrected chi connectivity index (χ3v) is 4.41. The minimum absolute atomic E-state index is 0.151. The van der Waals surface area contributed by atoms with Gasteiger partial charge in [0, 0.05) is 13.1 Å². The summed E-state index contributed by atoms with van der Waals surface area (Å²) in [5.41, 5.74) is 1.88. The molecule has 0 N–H and O–H groups in total. The van der Waals surface area contributed by atoms with Crippen molar-refractivity contribution in [2.75, 3.05) is 20.3 Å². The van der Waals surface area contributed by atoms with Crippen LogP contribution in [0.3, 0.4) is 0 Å². The van der Waals surface area contributed by atoms with E-state index in [1.165, 1.54) is 24.1 Å². The Kier molecular flexibility index (Phi) is 7.99. The SMILES string of the molecule is CCc1cccc(OCC(=O)N(Cc2ccc(F)cc2)CC(C)C(=O)OC)c1. The molecule has 2 rings (SSSR count). The van der Waals surface area contributed by atoms with Gasteiger partial charge in [-0.2, -0.15) is 0 Å². The van der Waals surface area contributed by atoms with E-state index in [0.717, 1.165) is 17.5 Å². The zero-order valence-corrected chi connectivity index (χ0v) is 16.5. The number of carbonyl (C=O) groups excluding carboxylic acids is 2. The van der Waals surface area contributed by atoms with Crippen LogP contribution in [0.5, 0.6) is 5.75 Å². The van der Waals surface area contributed by atoms with Gasteiger partial charge in [0.25, 0.3) is 5.91 Å². The van der Waals surface area contributed by atoms with Gasteiger partial charge in [-0.25, -0.2) is 4.39 Å². The first-order valence-electron chi connectivity index (χ1n) is 9.24. The Bertz CT molecular complexity index is 791. The molecule has 5 nitrogen and oxygen atoms in total. The maximum Gasteiger partial charge on any atom is 0.310 e. The van der Waals surface area contributed by atoms with Crippen LogP contribution >= 0.6 is 0 Å². The Labute approximate surface area is 165 Å². The second-order valence-electron chi connectivity index (χ2n) is 6.61. The second-order valence-corrected chi connectivity index (χ2v) is 6.61. The fourth-order valence-corrected chi connectivity index (χ4v) is 2.76. The molecule has 6 heteroatoms. The predicted octanol–water partition coefficient (Wildman–Crippen LogP) is 3.60. The van der Waals surface area contributed by atoms with E-state index in [2.05, 4.69) is 0 Å². The van der Waals surface area contributed by atoms with Crippen molar-refractivity contribution >= 4 is 11.9 Å². The molecule has 28 heavy (non-hydrogen) atoms. The van der Waals surface area contributed by atoms with Gasteiger partial charge < -0.3 is 14.4 Å². The molecule has 0 saturated heterocycles. The first-order valence-corrected chi connectivity index (χ1v) is 9.24. The quantitative estimate of drug-likeness (QED) is 0.617. The summed E-state index contributed by atoms with van der Waals surface area (Å²) in [5.74, 6) is -0.868. The van der Waals surface area contributed by atoms with E-state index in [0.29, 0.717) is 5.75 Å². The van der Waals surface area contributed by atoms with Crippen LogP contribution < -0.4 is 4.74 Å².